The molecule has 0 aliphatic heterocycles. The minimum atomic E-state index is -4.25. The number of aryl methyl sites for hydroxylation is 1. The van der Waals surface area contributed by atoms with Crippen LogP contribution < -0.4 is 14.4 Å². The van der Waals surface area contributed by atoms with Gasteiger partial charge in [-0.3, -0.25) is 13.9 Å². The number of nitrogens with zero attached hydrogens (tertiary/aromatic N) is 2. The number of halogens is 3. The van der Waals surface area contributed by atoms with Gasteiger partial charge in [0, 0.05) is 12.6 Å². The van der Waals surface area contributed by atoms with Crippen LogP contribution in [0, 0.1) is 6.92 Å². The minimum absolute atomic E-state index is 0.00552. The van der Waals surface area contributed by atoms with Crippen LogP contribution in [0.4, 0.5) is 5.69 Å². The van der Waals surface area contributed by atoms with E-state index in [9.17, 15) is 18.0 Å². The lowest BCUT2D eigenvalue weighted by molar-refractivity contribution is -0.140. The van der Waals surface area contributed by atoms with Crippen molar-refractivity contribution in [3.05, 3.63) is 86.9 Å². The summed E-state index contributed by atoms with van der Waals surface area (Å²) in [5, 5.41) is 3.97. The van der Waals surface area contributed by atoms with Crippen molar-refractivity contribution in [3.8, 4) is 5.75 Å². The van der Waals surface area contributed by atoms with Crippen molar-refractivity contribution >= 4 is 62.3 Å². The number of methoxy groups -OCH3 is 1. The summed E-state index contributed by atoms with van der Waals surface area (Å²) >= 11 is 18.9. The van der Waals surface area contributed by atoms with Crippen LogP contribution in [0.15, 0.2) is 65.6 Å². The van der Waals surface area contributed by atoms with Gasteiger partial charge in [-0.1, -0.05) is 84.8 Å². The maximum atomic E-state index is 14.3. The van der Waals surface area contributed by atoms with E-state index in [0.717, 1.165) is 42.0 Å². The zero-order chi connectivity index (χ0) is 32.7. The highest BCUT2D eigenvalue weighted by atomic mass is 35.5. The predicted molar refractivity (Wildman–Crippen MR) is 180 cm³/mol. The summed E-state index contributed by atoms with van der Waals surface area (Å²) in [6, 6.07) is 15.0. The maximum Gasteiger partial charge on any atom is 0.264 e. The fourth-order valence-electron chi connectivity index (χ4n) is 5.48. The molecule has 242 valence electrons. The van der Waals surface area contributed by atoms with Crippen molar-refractivity contribution in [3.63, 3.8) is 0 Å². The fourth-order valence-corrected chi connectivity index (χ4v) is 7.45. The predicted octanol–water partition coefficient (Wildman–Crippen LogP) is 7.42. The zero-order valence-electron chi connectivity index (χ0n) is 25.6. The molecule has 1 aliphatic carbocycles. The summed E-state index contributed by atoms with van der Waals surface area (Å²) in [4.78, 5) is 29.5. The number of hydrogen-bond acceptors (Lipinski definition) is 5. The number of carbonyl (C=O) groups excluding carboxylic acids is 2. The molecule has 1 fully saturated rings. The Kier molecular flexibility index (Phi) is 12.0. The number of carbonyl (C=O) groups is 2. The Bertz CT molecular complexity index is 1610. The molecule has 0 saturated heterocycles. The molecule has 0 heterocycles. The zero-order valence-corrected chi connectivity index (χ0v) is 28.6. The van der Waals surface area contributed by atoms with Crippen LogP contribution >= 0.6 is 34.8 Å². The van der Waals surface area contributed by atoms with Gasteiger partial charge >= 0.3 is 0 Å². The summed E-state index contributed by atoms with van der Waals surface area (Å²) in [7, 11) is -2.80. The van der Waals surface area contributed by atoms with E-state index < -0.39 is 28.5 Å². The Hall–Kier alpha value is -2.98. The van der Waals surface area contributed by atoms with E-state index in [1.54, 1.807) is 36.4 Å². The Balaban J connectivity index is 1.74. The van der Waals surface area contributed by atoms with Crippen LogP contribution in [0.2, 0.25) is 15.1 Å². The van der Waals surface area contributed by atoms with Crippen molar-refractivity contribution in [2.75, 3.05) is 18.0 Å². The van der Waals surface area contributed by atoms with Gasteiger partial charge in [0.25, 0.3) is 10.0 Å². The van der Waals surface area contributed by atoms with E-state index in [4.69, 9.17) is 39.5 Å². The van der Waals surface area contributed by atoms with E-state index in [1.807, 2.05) is 13.8 Å². The van der Waals surface area contributed by atoms with Crippen LogP contribution in [0.5, 0.6) is 5.75 Å². The van der Waals surface area contributed by atoms with Crippen LogP contribution in [-0.2, 0) is 26.2 Å². The first-order chi connectivity index (χ1) is 21.4. The Morgan fingerprint density at radius 2 is 1.62 bits per heavy atom. The third-order valence-electron chi connectivity index (χ3n) is 7.99. The molecule has 2 amide bonds. The minimum Gasteiger partial charge on any atom is -0.495 e. The number of sulfonamides is 1. The van der Waals surface area contributed by atoms with Crippen molar-refractivity contribution in [1.82, 2.24) is 10.2 Å². The molecule has 4 rings (SSSR count). The second kappa shape index (κ2) is 15.5. The largest absolute Gasteiger partial charge is 0.495 e. The van der Waals surface area contributed by atoms with Crippen molar-refractivity contribution in [1.29, 1.82) is 0 Å². The molecule has 8 nitrogen and oxygen atoms in total. The van der Waals surface area contributed by atoms with E-state index in [1.165, 1.54) is 36.3 Å². The lowest BCUT2D eigenvalue weighted by Gasteiger charge is -2.34. The molecule has 0 unspecified atom stereocenters. The monoisotopic (exact) mass is 693 g/mol. The van der Waals surface area contributed by atoms with E-state index in [-0.39, 0.29) is 34.1 Å². The number of anilines is 1. The molecular weight excluding hydrogens is 657 g/mol. The van der Waals surface area contributed by atoms with Crippen molar-refractivity contribution in [2.24, 2.45) is 0 Å². The number of hydrogen-bond donors (Lipinski definition) is 1. The van der Waals surface area contributed by atoms with Gasteiger partial charge in [0.15, 0.2) is 0 Å². The third-order valence-corrected chi connectivity index (χ3v) is 10.8. The van der Waals surface area contributed by atoms with Gasteiger partial charge in [-0.15, -0.1) is 0 Å². The Morgan fingerprint density at radius 1 is 0.933 bits per heavy atom. The Morgan fingerprint density at radius 3 is 2.22 bits per heavy atom. The molecule has 1 aliphatic rings. The molecular formula is C33H38Cl3N3O5S. The highest BCUT2D eigenvalue weighted by Gasteiger charge is 2.34. The van der Waals surface area contributed by atoms with Crippen molar-refractivity contribution in [2.45, 2.75) is 75.9 Å². The van der Waals surface area contributed by atoms with Gasteiger partial charge in [0.2, 0.25) is 11.8 Å². The molecule has 1 N–H and O–H groups in total. The summed E-state index contributed by atoms with van der Waals surface area (Å²) in [5.41, 5.74) is 1.69. The molecule has 0 spiro atoms. The standard InChI is InChI=1S/C33H38Cl3N3O5S/c1-4-30(33(41)37-24-8-6-5-7-9-24)38(20-23-12-16-27(34)28(35)18-23)32(40)21-39(25-13-17-31(44-3)29(36)19-25)45(42,43)26-14-10-22(2)11-15-26/h10-19,24,30H,4-9,20-21H2,1-3H3,(H,37,41)/t30-/m0/s1. The molecule has 1 saturated carbocycles. The number of nitrogens with one attached hydrogen (secondary N) is 1. The highest BCUT2D eigenvalue weighted by molar-refractivity contribution is 7.92. The van der Waals surface area contributed by atoms with Crippen LogP contribution in [0.25, 0.3) is 0 Å². The highest BCUT2D eigenvalue weighted by Crippen LogP contribution is 2.33. The SMILES string of the molecule is CC[C@@H](C(=O)NC1CCCCC1)N(Cc1ccc(Cl)c(Cl)c1)C(=O)CN(c1ccc(OC)c(Cl)c1)S(=O)(=O)c1ccc(C)cc1. The van der Waals surface area contributed by atoms with E-state index in [2.05, 4.69) is 5.32 Å². The average molecular weight is 695 g/mol. The summed E-state index contributed by atoms with van der Waals surface area (Å²) in [6.45, 7) is 3.09. The van der Waals surface area contributed by atoms with Gasteiger partial charge in [-0.25, -0.2) is 8.42 Å². The second-order valence-electron chi connectivity index (χ2n) is 11.2. The second-order valence-corrected chi connectivity index (χ2v) is 14.3. The van der Waals surface area contributed by atoms with E-state index >= 15 is 0 Å². The van der Waals surface area contributed by atoms with E-state index in [0.29, 0.717) is 27.8 Å². The first kappa shape index (κ1) is 34.9. The van der Waals surface area contributed by atoms with Gasteiger partial charge in [0.05, 0.1) is 32.8 Å². The average Bonchev–Trinajstić information content (AvgIpc) is 3.02. The Labute approximate surface area is 280 Å². The molecule has 3 aromatic rings. The lowest BCUT2D eigenvalue weighted by atomic mass is 9.95. The van der Waals surface area contributed by atoms with Crippen LogP contribution in [0.3, 0.4) is 0 Å². The van der Waals surface area contributed by atoms with Crippen LogP contribution in [0.1, 0.15) is 56.6 Å². The van der Waals surface area contributed by atoms with Crippen LogP contribution in [-0.4, -0.2) is 50.9 Å². The van der Waals surface area contributed by atoms with Gasteiger partial charge in [-0.05, 0) is 74.2 Å². The van der Waals surface area contributed by atoms with Crippen molar-refractivity contribution < 1.29 is 22.7 Å². The first-order valence-corrected chi connectivity index (χ1v) is 17.5. The quantitative estimate of drug-likeness (QED) is 0.213. The van der Waals surface area contributed by atoms with Gasteiger partial charge in [-0.2, -0.15) is 0 Å². The number of rotatable bonds is 12. The normalized spacial score (nSPS) is 14.4. The topological polar surface area (TPSA) is 96.0 Å². The first-order valence-electron chi connectivity index (χ1n) is 14.9. The van der Waals surface area contributed by atoms with Gasteiger partial charge < -0.3 is 15.0 Å². The van der Waals surface area contributed by atoms with Gasteiger partial charge in [0.1, 0.15) is 18.3 Å². The number of ether oxygens (including phenoxy) is 1. The fraction of sp³-hybridized carbons (Fsp3) is 0.394. The maximum absolute atomic E-state index is 14.3. The smallest absolute Gasteiger partial charge is 0.264 e. The number of amides is 2. The molecule has 0 aromatic heterocycles. The molecule has 1 atom stereocenters. The molecule has 45 heavy (non-hydrogen) atoms. The molecule has 0 radical (unpaired) electrons. The number of benzene rings is 3. The summed E-state index contributed by atoms with van der Waals surface area (Å²) < 4.78 is 34.5. The lowest BCUT2D eigenvalue weighted by Crippen LogP contribution is -2.54. The third kappa shape index (κ3) is 8.64. The summed E-state index contributed by atoms with van der Waals surface area (Å²) in [5.74, 6) is -0.501. The molecule has 3 aromatic carbocycles. The molecule has 0 bridgehead atoms. The summed E-state index contributed by atoms with van der Waals surface area (Å²) in [6.07, 6.45) is 5.26. The molecule has 12 heteroatoms.